The number of nitrogens with one attached hydrogen (secondary N) is 3. The molecule has 0 spiro atoms. The third-order valence-corrected chi connectivity index (χ3v) is 3.31. The first-order valence-electron chi connectivity index (χ1n) is 7.50. The van der Waals surface area contributed by atoms with Crippen molar-refractivity contribution < 1.29 is 14.4 Å². The van der Waals surface area contributed by atoms with Gasteiger partial charge in [-0.3, -0.25) is 9.59 Å². The number of hydrogen-bond donors (Lipinski definition) is 3. The second kappa shape index (κ2) is 7.92. The largest absolute Gasteiger partial charge is 0.326 e. The van der Waals surface area contributed by atoms with Gasteiger partial charge in [0.2, 0.25) is 5.91 Å². The van der Waals surface area contributed by atoms with Crippen molar-refractivity contribution in [1.82, 2.24) is 5.32 Å². The summed E-state index contributed by atoms with van der Waals surface area (Å²) in [5, 5.41) is 7.87. The molecule has 0 heterocycles. The van der Waals surface area contributed by atoms with Crippen LogP contribution < -0.4 is 16.0 Å². The second-order valence-corrected chi connectivity index (χ2v) is 5.31. The van der Waals surface area contributed by atoms with Gasteiger partial charge in [0.25, 0.3) is 0 Å². The summed E-state index contributed by atoms with van der Waals surface area (Å²) in [6.45, 7) is 3.04. The Morgan fingerprint density at radius 3 is 2.21 bits per heavy atom. The van der Waals surface area contributed by atoms with Gasteiger partial charge in [-0.2, -0.15) is 0 Å². The zero-order valence-electron chi connectivity index (χ0n) is 13.5. The molecule has 0 aliphatic heterocycles. The summed E-state index contributed by atoms with van der Waals surface area (Å²) in [5.74, 6) is -0.460. The van der Waals surface area contributed by atoms with E-state index in [1.54, 1.807) is 55.5 Å². The van der Waals surface area contributed by atoms with Gasteiger partial charge in [-0.25, -0.2) is 4.79 Å². The van der Waals surface area contributed by atoms with Crippen molar-refractivity contribution in [3.05, 3.63) is 60.2 Å². The topological polar surface area (TPSA) is 87.3 Å². The third-order valence-electron chi connectivity index (χ3n) is 3.31. The van der Waals surface area contributed by atoms with Crippen LogP contribution in [0.5, 0.6) is 0 Å². The lowest BCUT2D eigenvalue weighted by atomic mass is 10.1. The highest BCUT2D eigenvalue weighted by Crippen LogP contribution is 2.11. The highest BCUT2D eigenvalue weighted by molar-refractivity contribution is 6.00. The van der Waals surface area contributed by atoms with E-state index in [9.17, 15) is 14.4 Å². The van der Waals surface area contributed by atoms with E-state index in [0.717, 1.165) is 0 Å². The number of hydrogen-bond acceptors (Lipinski definition) is 3. The first-order valence-corrected chi connectivity index (χ1v) is 7.50. The molecule has 2 rings (SSSR count). The maximum Gasteiger partial charge on any atom is 0.319 e. The summed E-state index contributed by atoms with van der Waals surface area (Å²) in [7, 11) is 0. The number of amides is 3. The number of benzene rings is 2. The van der Waals surface area contributed by atoms with Crippen LogP contribution in [-0.2, 0) is 4.79 Å². The van der Waals surface area contributed by atoms with Crippen LogP contribution in [0.15, 0.2) is 54.6 Å². The number of ketones is 1. The zero-order valence-corrected chi connectivity index (χ0v) is 13.5. The third kappa shape index (κ3) is 4.95. The lowest BCUT2D eigenvalue weighted by Crippen LogP contribution is -2.43. The Morgan fingerprint density at radius 2 is 1.54 bits per heavy atom. The Kier molecular flexibility index (Phi) is 5.68. The van der Waals surface area contributed by atoms with Crippen molar-refractivity contribution in [2.45, 2.75) is 19.9 Å². The predicted octanol–water partition coefficient (Wildman–Crippen LogP) is 3.04. The van der Waals surface area contributed by atoms with Crippen LogP contribution in [0.1, 0.15) is 24.2 Å². The van der Waals surface area contributed by atoms with Crippen LogP contribution in [0.2, 0.25) is 0 Å². The van der Waals surface area contributed by atoms with Gasteiger partial charge < -0.3 is 16.0 Å². The Balaban J connectivity index is 1.91. The summed E-state index contributed by atoms with van der Waals surface area (Å²) in [6, 6.07) is 14.4. The molecule has 0 aliphatic carbocycles. The molecule has 0 fully saturated rings. The molecule has 6 nitrogen and oxygen atoms in total. The van der Waals surface area contributed by atoms with E-state index in [1.165, 1.54) is 6.92 Å². The minimum absolute atomic E-state index is 0.0838. The van der Waals surface area contributed by atoms with E-state index in [4.69, 9.17) is 0 Å². The minimum atomic E-state index is -0.741. The van der Waals surface area contributed by atoms with Gasteiger partial charge in [-0.05, 0) is 38.1 Å². The van der Waals surface area contributed by atoms with Gasteiger partial charge in [0.1, 0.15) is 6.04 Å². The lowest BCUT2D eigenvalue weighted by Gasteiger charge is -2.15. The highest BCUT2D eigenvalue weighted by atomic mass is 16.2. The quantitative estimate of drug-likeness (QED) is 0.738. The molecule has 2 aromatic carbocycles. The van der Waals surface area contributed by atoms with Crippen molar-refractivity contribution in [2.24, 2.45) is 0 Å². The Hall–Kier alpha value is -3.15. The molecule has 0 aromatic heterocycles. The first-order chi connectivity index (χ1) is 11.5. The number of carbonyl (C=O) groups is 3. The van der Waals surface area contributed by atoms with Gasteiger partial charge in [0, 0.05) is 16.9 Å². The molecule has 0 saturated carbocycles. The number of Topliss-reactive ketones (excluding diaryl/α,β-unsaturated/α-hetero) is 1. The molecule has 2 aromatic rings. The molecule has 3 amide bonds. The van der Waals surface area contributed by atoms with Gasteiger partial charge in [0.05, 0.1) is 0 Å². The fourth-order valence-corrected chi connectivity index (χ4v) is 2.02. The van der Waals surface area contributed by atoms with Crippen molar-refractivity contribution >= 4 is 29.1 Å². The fraction of sp³-hybridized carbons (Fsp3) is 0.167. The lowest BCUT2D eigenvalue weighted by molar-refractivity contribution is -0.117. The van der Waals surface area contributed by atoms with E-state index in [1.807, 2.05) is 6.07 Å². The number of para-hydroxylation sites is 1. The zero-order chi connectivity index (χ0) is 17.5. The molecule has 0 radical (unpaired) electrons. The first kappa shape index (κ1) is 17.2. The smallest absolute Gasteiger partial charge is 0.319 e. The van der Waals surface area contributed by atoms with Crippen LogP contribution in [0.25, 0.3) is 0 Å². The van der Waals surface area contributed by atoms with E-state index in [-0.39, 0.29) is 11.7 Å². The molecule has 0 aliphatic rings. The van der Waals surface area contributed by atoms with Crippen LogP contribution in [0, 0.1) is 0 Å². The number of rotatable bonds is 5. The average Bonchev–Trinajstić information content (AvgIpc) is 2.55. The SMILES string of the molecule is CC(=O)c1cccc(NC(=O)C(C)NC(=O)Nc2ccccc2)c1. The molecule has 6 heteroatoms. The standard InChI is InChI=1S/C18H19N3O3/c1-12(19-18(24)21-15-8-4-3-5-9-15)17(23)20-16-10-6-7-14(11-16)13(2)22/h3-12H,1-2H3,(H,20,23)(H2,19,21,24). The van der Waals surface area contributed by atoms with E-state index < -0.39 is 12.1 Å². The van der Waals surface area contributed by atoms with Crippen molar-refractivity contribution in [1.29, 1.82) is 0 Å². The Bertz CT molecular complexity index is 744. The van der Waals surface area contributed by atoms with Gasteiger partial charge in [0.15, 0.2) is 5.78 Å². The average molecular weight is 325 g/mol. The van der Waals surface area contributed by atoms with Crippen LogP contribution in [-0.4, -0.2) is 23.8 Å². The molecule has 3 N–H and O–H groups in total. The summed E-state index contributed by atoms with van der Waals surface area (Å²) < 4.78 is 0. The molecule has 0 saturated heterocycles. The van der Waals surface area contributed by atoms with Gasteiger partial charge >= 0.3 is 6.03 Å². The molecule has 24 heavy (non-hydrogen) atoms. The molecule has 1 unspecified atom stereocenters. The van der Waals surface area contributed by atoms with E-state index in [0.29, 0.717) is 16.9 Å². The maximum absolute atomic E-state index is 12.1. The monoisotopic (exact) mass is 325 g/mol. The number of anilines is 2. The molecule has 1 atom stereocenters. The van der Waals surface area contributed by atoms with Crippen LogP contribution >= 0.6 is 0 Å². The summed E-state index contributed by atoms with van der Waals surface area (Å²) in [4.78, 5) is 35.4. The van der Waals surface area contributed by atoms with Crippen molar-refractivity contribution in [2.75, 3.05) is 10.6 Å². The molecular weight excluding hydrogens is 306 g/mol. The van der Waals surface area contributed by atoms with E-state index >= 15 is 0 Å². The highest BCUT2D eigenvalue weighted by Gasteiger charge is 2.16. The Morgan fingerprint density at radius 1 is 0.875 bits per heavy atom. The molecule has 124 valence electrons. The summed E-state index contributed by atoms with van der Waals surface area (Å²) >= 11 is 0. The second-order valence-electron chi connectivity index (χ2n) is 5.31. The van der Waals surface area contributed by atoms with Crippen molar-refractivity contribution in [3.63, 3.8) is 0 Å². The Labute approximate surface area is 140 Å². The number of carbonyl (C=O) groups excluding carboxylic acids is 3. The summed E-state index contributed by atoms with van der Waals surface area (Å²) in [6.07, 6.45) is 0. The van der Waals surface area contributed by atoms with Crippen LogP contribution in [0.4, 0.5) is 16.2 Å². The van der Waals surface area contributed by atoms with Gasteiger partial charge in [-0.1, -0.05) is 30.3 Å². The number of urea groups is 1. The molecule has 0 bridgehead atoms. The van der Waals surface area contributed by atoms with Crippen molar-refractivity contribution in [3.8, 4) is 0 Å². The fourth-order valence-electron chi connectivity index (χ4n) is 2.02. The van der Waals surface area contributed by atoms with Crippen LogP contribution in [0.3, 0.4) is 0 Å². The normalized spacial score (nSPS) is 11.2. The summed E-state index contributed by atoms with van der Waals surface area (Å²) in [5.41, 5.74) is 1.65. The predicted molar refractivity (Wildman–Crippen MR) is 93.1 cm³/mol. The minimum Gasteiger partial charge on any atom is -0.326 e. The maximum atomic E-state index is 12.1. The molecular formula is C18H19N3O3. The van der Waals surface area contributed by atoms with Gasteiger partial charge in [-0.15, -0.1) is 0 Å². The van der Waals surface area contributed by atoms with E-state index in [2.05, 4.69) is 16.0 Å².